The van der Waals surface area contributed by atoms with Crippen LogP contribution in [0.15, 0.2) is 18.2 Å². The number of hydrogen-bond acceptors (Lipinski definition) is 3. The predicted octanol–water partition coefficient (Wildman–Crippen LogP) is 1.11. The molecule has 1 aromatic rings. The molecule has 0 saturated heterocycles. The summed E-state index contributed by atoms with van der Waals surface area (Å²) in [6.45, 7) is 0.392. The molecule has 0 saturated carbocycles. The Bertz CT molecular complexity index is 446. The van der Waals surface area contributed by atoms with E-state index in [-0.39, 0.29) is 23.3 Å². The van der Waals surface area contributed by atoms with Crippen LogP contribution in [0.5, 0.6) is 0 Å². The molecule has 0 aliphatic carbocycles. The van der Waals surface area contributed by atoms with Crippen LogP contribution >= 0.6 is 23.8 Å². The van der Waals surface area contributed by atoms with E-state index in [1.165, 1.54) is 19.2 Å². The number of hydrogen-bond donors (Lipinski definition) is 3. The number of methoxy groups -OCH3 is 1. The van der Waals surface area contributed by atoms with Gasteiger partial charge in [-0.05, 0) is 29.9 Å². The first-order chi connectivity index (χ1) is 8.45. The first kappa shape index (κ1) is 15.1. The van der Waals surface area contributed by atoms with Crippen molar-refractivity contribution in [3.63, 3.8) is 0 Å². The van der Waals surface area contributed by atoms with Crippen LogP contribution in [0.2, 0.25) is 5.02 Å². The minimum absolute atomic E-state index is 0.00571. The molecular formula is C11H15ClFN3OS. The van der Waals surface area contributed by atoms with Gasteiger partial charge in [-0.3, -0.25) is 0 Å². The minimum Gasteiger partial charge on any atom is -0.382 e. The van der Waals surface area contributed by atoms with E-state index in [4.69, 9.17) is 40.0 Å². The molecule has 0 amide bonds. The second-order valence-corrected chi connectivity index (χ2v) is 4.68. The van der Waals surface area contributed by atoms with Crippen molar-refractivity contribution < 1.29 is 9.13 Å². The zero-order valence-electron chi connectivity index (χ0n) is 9.87. The normalized spacial score (nSPS) is 14.0. The molecule has 0 aliphatic heterocycles. The van der Waals surface area contributed by atoms with Gasteiger partial charge in [0.25, 0.3) is 0 Å². The van der Waals surface area contributed by atoms with Gasteiger partial charge in [0.2, 0.25) is 0 Å². The number of halogens is 2. The Hall–Kier alpha value is -0.950. The van der Waals surface area contributed by atoms with E-state index in [0.29, 0.717) is 5.56 Å². The summed E-state index contributed by atoms with van der Waals surface area (Å²) < 4.78 is 18.3. The van der Waals surface area contributed by atoms with Crippen LogP contribution in [0.3, 0.4) is 0 Å². The molecule has 0 aliphatic rings. The van der Waals surface area contributed by atoms with Gasteiger partial charge in [0.15, 0.2) is 5.11 Å². The molecule has 1 unspecified atom stereocenters. The molecule has 0 spiro atoms. The van der Waals surface area contributed by atoms with Crippen LogP contribution < -0.4 is 16.8 Å². The second kappa shape index (κ2) is 6.29. The van der Waals surface area contributed by atoms with Gasteiger partial charge in [-0.1, -0.05) is 17.7 Å². The standard InChI is InChI=1S/C11H15ClFN3OS/c1-17-6-11(5-14,16-10(15)18)7-2-3-9(13)8(12)4-7/h2-4H,5-6,14H2,1H3,(H3,15,16,18). The zero-order valence-corrected chi connectivity index (χ0v) is 11.4. The number of thiocarbonyl (C=S) groups is 1. The molecule has 4 nitrogen and oxygen atoms in total. The van der Waals surface area contributed by atoms with Crippen LogP contribution in [0, 0.1) is 5.82 Å². The molecule has 18 heavy (non-hydrogen) atoms. The van der Waals surface area contributed by atoms with Gasteiger partial charge in [0.05, 0.1) is 11.6 Å². The van der Waals surface area contributed by atoms with Crippen molar-refractivity contribution in [2.24, 2.45) is 11.5 Å². The molecule has 100 valence electrons. The monoisotopic (exact) mass is 291 g/mol. The molecule has 5 N–H and O–H groups in total. The molecule has 0 bridgehead atoms. The van der Waals surface area contributed by atoms with Crippen molar-refractivity contribution in [1.82, 2.24) is 5.32 Å². The fourth-order valence-corrected chi connectivity index (χ4v) is 2.07. The van der Waals surface area contributed by atoms with Crippen molar-refractivity contribution in [2.75, 3.05) is 20.3 Å². The highest BCUT2D eigenvalue weighted by molar-refractivity contribution is 7.80. The lowest BCUT2D eigenvalue weighted by Crippen LogP contribution is -2.55. The molecule has 1 atom stereocenters. The van der Waals surface area contributed by atoms with Crippen molar-refractivity contribution in [1.29, 1.82) is 0 Å². The van der Waals surface area contributed by atoms with E-state index >= 15 is 0 Å². The smallest absolute Gasteiger partial charge is 0.164 e. The summed E-state index contributed by atoms with van der Waals surface area (Å²) in [6.07, 6.45) is 0. The van der Waals surface area contributed by atoms with E-state index in [0.717, 1.165) is 0 Å². The van der Waals surface area contributed by atoms with E-state index < -0.39 is 11.4 Å². The molecule has 0 heterocycles. The fourth-order valence-electron chi connectivity index (χ4n) is 1.70. The van der Waals surface area contributed by atoms with Crippen molar-refractivity contribution in [3.8, 4) is 0 Å². The van der Waals surface area contributed by atoms with Crippen LogP contribution in [0.4, 0.5) is 4.39 Å². The Morgan fingerprint density at radius 3 is 2.72 bits per heavy atom. The molecule has 1 aromatic carbocycles. The van der Waals surface area contributed by atoms with E-state index in [2.05, 4.69) is 5.32 Å². The van der Waals surface area contributed by atoms with Crippen molar-refractivity contribution in [3.05, 3.63) is 34.6 Å². The van der Waals surface area contributed by atoms with Gasteiger partial charge in [0.1, 0.15) is 11.4 Å². The Balaban J connectivity index is 3.22. The molecule has 7 heteroatoms. The quantitative estimate of drug-likeness (QED) is 0.709. The maximum atomic E-state index is 13.2. The second-order valence-electron chi connectivity index (χ2n) is 3.84. The minimum atomic E-state index is -0.822. The number of nitrogens with two attached hydrogens (primary N) is 2. The highest BCUT2D eigenvalue weighted by Gasteiger charge is 2.32. The Labute approximate surface area is 115 Å². The predicted molar refractivity (Wildman–Crippen MR) is 73.9 cm³/mol. The number of ether oxygens (including phenoxy) is 1. The van der Waals surface area contributed by atoms with E-state index in [9.17, 15) is 4.39 Å². The Kier molecular flexibility index (Phi) is 5.28. The molecular weight excluding hydrogens is 277 g/mol. The summed E-state index contributed by atoms with van der Waals surface area (Å²) in [4.78, 5) is 0. The van der Waals surface area contributed by atoms with Gasteiger partial charge < -0.3 is 21.5 Å². The topological polar surface area (TPSA) is 73.3 Å². The SMILES string of the molecule is COCC(CN)(NC(N)=S)c1ccc(F)c(Cl)c1. The zero-order chi connectivity index (χ0) is 13.8. The summed E-state index contributed by atoms with van der Waals surface area (Å²) in [7, 11) is 1.52. The summed E-state index contributed by atoms with van der Waals surface area (Å²) in [5.74, 6) is -0.501. The largest absolute Gasteiger partial charge is 0.382 e. The number of rotatable bonds is 5. The van der Waals surface area contributed by atoms with Crippen molar-refractivity contribution in [2.45, 2.75) is 5.54 Å². The fraction of sp³-hybridized carbons (Fsp3) is 0.364. The van der Waals surface area contributed by atoms with Gasteiger partial charge in [-0.2, -0.15) is 0 Å². The van der Waals surface area contributed by atoms with Gasteiger partial charge >= 0.3 is 0 Å². The van der Waals surface area contributed by atoms with Crippen LogP contribution in [-0.4, -0.2) is 25.4 Å². The molecule has 0 aromatic heterocycles. The number of benzene rings is 1. The lowest BCUT2D eigenvalue weighted by molar-refractivity contribution is 0.124. The third kappa shape index (κ3) is 3.29. The number of nitrogens with one attached hydrogen (secondary N) is 1. The third-order valence-electron chi connectivity index (χ3n) is 2.57. The summed E-state index contributed by atoms with van der Waals surface area (Å²) in [5, 5.41) is 2.97. The summed E-state index contributed by atoms with van der Waals surface area (Å²) >= 11 is 10.6. The summed E-state index contributed by atoms with van der Waals surface area (Å²) in [5.41, 5.74) is 11.1. The maximum Gasteiger partial charge on any atom is 0.164 e. The lowest BCUT2D eigenvalue weighted by Gasteiger charge is -2.34. The highest BCUT2D eigenvalue weighted by Crippen LogP contribution is 2.25. The highest BCUT2D eigenvalue weighted by atomic mass is 35.5. The summed E-state index contributed by atoms with van der Waals surface area (Å²) in [6, 6.07) is 4.31. The van der Waals surface area contributed by atoms with Crippen LogP contribution in [0.25, 0.3) is 0 Å². The van der Waals surface area contributed by atoms with E-state index in [1.807, 2.05) is 0 Å². The van der Waals surface area contributed by atoms with Crippen LogP contribution in [-0.2, 0) is 10.3 Å². The average Bonchev–Trinajstić information content (AvgIpc) is 2.31. The Morgan fingerprint density at radius 1 is 1.61 bits per heavy atom. The van der Waals surface area contributed by atoms with Gasteiger partial charge in [0, 0.05) is 13.7 Å². The van der Waals surface area contributed by atoms with Gasteiger partial charge in [-0.15, -0.1) is 0 Å². The first-order valence-electron chi connectivity index (χ1n) is 5.17. The average molecular weight is 292 g/mol. The molecule has 0 radical (unpaired) electrons. The maximum absolute atomic E-state index is 13.2. The van der Waals surface area contributed by atoms with E-state index in [1.54, 1.807) is 6.07 Å². The van der Waals surface area contributed by atoms with Crippen molar-refractivity contribution >= 4 is 28.9 Å². The lowest BCUT2D eigenvalue weighted by atomic mass is 9.90. The first-order valence-corrected chi connectivity index (χ1v) is 5.96. The third-order valence-corrected chi connectivity index (χ3v) is 2.97. The Morgan fingerprint density at radius 2 is 2.28 bits per heavy atom. The molecule has 1 rings (SSSR count). The van der Waals surface area contributed by atoms with Crippen LogP contribution in [0.1, 0.15) is 5.56 Å². The van der Waals surface area contributed by atoms with Gasteiger partial charge in [-0.25, -0.2) is 4.39 Å². The molecule has 0 fully saturated rings.